The molecule has 0 aromatic heterocycles. The number of benzene rings is 2. The Morgan fingerprint density at radius 1 is 0.735 bits per heavy atom. The summed E-state index contributed by atoms with van der Waals surface area (Å²) in [6.45, 7) is 0. The van der Waals surface area contributed by atoms with Crippen LogP contribution in [0, 0.1) is 20.2 Å². The lowest BCUT2D eigenvalue weighted by Crippen LogP contribution is -2.54. The van der Waals surface area contributed by atoms with E-state index in [4.69, 9.17) is 22.9 Å². The molecule has 2 amide bonds. The van der Waals surface area contributed by atoms with Crippen molar-refractivity contribution in [2.75, 3.05) is 0 Å². The summed E-state index contributed by atoms with van der Waals surface area (Å²) in [5.74, 6) is -12.9. The molecule has 0 aliphatic heterocycles. The maximum Gasteiger partial charge on any atom is 0.331 e. The third kappa shape index (κ3) is 4.48. The number of nitrogens with two attached hydrogens (primary N) is 4. The second-order valence-corrected chi connectivity index (χ2v) is 6.99. The van der Waals surface area contributed by atoms with Gasteiger partial charge in [0.1, 0.15) is 12.1 Å². The summed E-state index contributed by atoms with van der Waals surface area (Å²) in [6, 6.07) is -2.46. The van der Waals surface area contributed by atoms with Crippen LogP contribution >= 0.6 is 0 Å². The maximum atomic E-state index is 14.9. The summed E-state index contributed by atoms with van der Waals surface area (Å²) in [7, 11) is 0. The van der Waals surface area contributed by atoms with E-state index in [1.165, 1.54) is 0 Å². The quantitative estimate of drug-likeness (QED) is 0.230. The van der Waals surface area contributed by atoms with E-state index in [-0.39, 0.29) is 0 Å². The summed E-state index contributed by atoms with van der Waals surface area (Å²) < 4.78 is 59.8. The molecule has 0 radical (unpaired) electrons. The molecule has 2 rings (SSSR count). The SMILES string of the molecule is NC(=O)c1ccc(C(N)C(F)(F)C(F)(F)C(N)c2ccc(C(N)=O)cc2[N+](=O)[O-])c([N+](=O)[O-])c1. The number of hydrogen-bond acceptors (Lipinski definition) is 8. The number of nitrogens with zero attached hydrogens (tertiary/aromatic N) is 2. The van der Waals surface area contributed by atoms with Gasteiger partial charge in [0.15, 0.2) is 0 Å². The van der Waals surface area contributed by atoms with Gasteiger partial charge in [-0.25, -0.2) is 0 Å². The van der Waals surface area contributed by atoms with Gasteiger partial charge in [-0.3, -0.25) is 29.8 Å². The van der Waals surface area contributed by atoms with Crippen LogP contribution in [0.25, 0.3) is 0 Å². The van der Waals surface area contributed by atoms with Crippen LogP contribution in [0.2, 0.25) is 0 Å². The molecule has 8 N–H and O–H groups in total. The van der Waals surface area contributed by atoms with Gasteiger partial charge in [0.05, 0.1) is 21.0 Å². The van der Waals surface area contributed by atoms with Crippen LogP contribution in [-0.2, 0) is 0 Å². The molecule has 0 fully saturated rings. The van der Waals surface area contributed by atoms with Crippen molar-refractivity contribution in [3.8, 4) is 0 Å². The van der Waals surface area contributed by atoms with Crippen LogP contribution in [0.4, 0.5) is 28.9 Å². The van der Waals surface area contributed by atoms with Gasteiger partial charge in [0.2, 0.25) is 11.8 Å². The summed E-state index contributed by atoms with van der Waals surface area (Å²) in [5, 5.41) is 22.5. The van der Waals surface area contributed by atoms with E-state index in [1.807, 2.05) is 0 Å². The highest BCUT2D eigenvalue weighted by atomic mass is 19.3. The van der Waals surface area contributed by atoms with Crippen molar-refractivity contribution >= 4 is 23.2 Å². The average Bonchev–Trinajstić information content (AvgIpc) is 2.76. The summed E-state index contributed by atoms with van der Waals surface area (Å²) in [6.07, 6.45) is 0. The zero-order chi connectivity index (χ0) is 26.2. The topological polar surface area (TPSA) is 224 Å². The van der Waals surface area contributed by atoms with Gasteiger partial charge in [0.25, 0.3) is 11.4 Å². The van der Waals surface area contributed by atoms with Crippen molar-refractivity contribution < 1.29 is 37.0 Å². The monoisotopic (exact) mass is 488 g/mol. The predicted molar refractivity (Wildman–Crippen MR) is 107 cm³/mol. The minimum Gasteiger partial charge on any atom is -0.366 e. The van der Waals surface area contributed by atoms with Gasteiger partial charge in [-0.05, 0) is 24.3 Å². The Labute approximate surface area is 186 Å². The third-order valence-corrected chi connectivity index (χ3v) is 4.92. The van der Waals surface area contributed by atoms with Crippen LogP contribution in [0.5, 0.6) is 0 Å². The molecule has 0 spiro atoms. The minimum atomic E-state index is -5.30. The largest absolute Gasteiger partial charge is 0.366 e. The fourth-order valence-electron chi connectivity index (χ4n) is 3.04. The first-order valence-corrected chi connectivity index (χ1v) is 8.97. The number of carbonyl (C=O) groups is 2. The molecule has 34 heavy (non-hydrogen) atoms. The first-order valence-electron chi connectivity index (χ1n) is 8.97. The van der Waals surface area contributed by atoms with Gasteiger partial charge in [-0.2, -0.15) is 17.6 Å². The lowest BCUT2D eigenvalue weighted by molar-refractivity contribution is -0.387. The van der Waals surface area contributed by atoms with Crippen LogP contribution < -0.4 is 22.9 Å². The average molecular weight is 488 g/mol. The van der Waals surface area contributed by atoms with E-state index in [0.717, 1.165) is 12.1 Å². The molecule has 2 aromatic rings. The van der Waals surface area contributed by atoms with E-state index >= 15 is 0 Å². The van der Waals surface area contributed by atoms with Crippen LogP contribution in [0.15, 0.2) is 36.4 Å². The molecule has 0 bridgehead atoms. The van der Waals surface area contributed by atoms with Gasteiger partial charge < -0.3 is 22.9 Å². The molecule has 0 heterocycles. The molecule has 12 nitrogen and oxygen atoms in total. The number of hydrogen-bond donors (Lipinski definition) is 4. The highest BCUT2D eigenvalue weighted by Crippen LogP contribution is 2.50. The predicted octanol–water partition coefficient (Wildman–Crippen LogP) is 1.67. The highest BCUT2D eigenvalue weighted by molar-refractivity contribution is 5.94. The number of carbonyl (C=O) groups excluding carboxylic acids is 2. The summed E-state index contributed by atoms with van der Waals surface area (Å²) >= 11 is 0. The van der Waals surface area contributed by atoms with Crippen LogP contribution in [-0.4, -0.2) is 33.5 Å². The van der Waals surface area contributed by atoms with Crippen molar-refractivity contribution in [2.45, 2.75) is 23.9 Å². The number of nitro benzene ring substituents is 2. The molecule has 0 aliphatic rings. The Morgan fingerprint density at radius 3 is 1.26 bits per heavy atom. The standard InChI is InChI=1S/C18H16F4N6O6/c19-17(20,13(23)9-3-1-7(15(25)29)5-11(9)27(31)32)18(21,22)14(24)10-4-2-8(16(26)30)6-12(10)28(33)34/h1-6,13-14H,23-24H2,(H2,25,29)(H2,26,30). The van der Waals surface area contributed by atoms with Gasteiger partial charge in [-0.15, -0.1) is 0 Å². The minimum absolute atomic E-state index is 0.473. The molecule has 2 aromatic carbocycles. The number of nitro groups is 2. The van der Waals surface area contributed by atoms with E-state index in [0.29, 0.717) is 24.3 Å². The van der Waals surface area contributed by atoms with E-state index in [1.54, 1.807) is 0 Å². The first-order chi connectivity index (χ1) is 15.5. The molecule has 0 aliphatic carbocycles. The first kappa shape index (κ1) is 26.1. The number of rotatable bonds is 9. The van der Waals surface area contributed by atoms with E-state index < -0.39 is 79.2 Å². The van der Waals surface area contributed by atoms with Crippen molar-refractivity contribution in [3.05, 3.63) is 78.9 Å². The number of alkyl halides is 4. The Balaban J connectivity index is 2.60. The maximum absolute atomic E-state index is 14.9. The van der Waals surface area contributed by atoms with Crippen LogP contribution in [0.1, 0.15) is 43.9 Å². The van der Waals surface area contributed by atoms with E-state index in [2.05, 4.69) is 0 Å². The Morgan fingerprint density at radius 2 is 1.03 bits per heavy atom. The molecular weight excluding hydrogens is 472 g/mol. The third-order valence-electron chi connectivity index (χ3n) is 4.92. The molecular formula is C18H16F4N6O6. The second-order valence-electron chi connectivity index (χ2n) is 6.99. The van der Waals surface area contributed by atoms with E-state index in [9.17, 15) is 47.4 Å². The zero-order valence-corrected chi connectivity index (χ0v) is 16.8. The number of halogens is 4. The molecule has 16 heteroatoms. The van der Waals surface area contributed by atoms with Crippen molar-refractivity contribution in [2.24, 2.45) is 22.9 Å². The molecule has 182 valence electrons. The Hall–Kier alpha value is -4.18. The second kappa shape index (κ2) is 8.99. The number of amides is 2. The van der Waals surface area contributed by atoms with Crippen molar-refractivity contribution in [3.63, 3.8) is 0 Å². The Bertz CT molecular complexity index is 1100. The normalized spacial score (nSPS) is 13.7. The summed E-state index contributed by atoms with van der Waals surface area (Å²) in [5.41, 5.74) is 15.1. The highest BCUT2D eigenvalue weighted by Gasteiger charge is 2.65. The zero-order valence-electron chi connectivity index (χ0n) is 16.8. The summed E-state index contributed by atoms with van der Waals surface area (Å²) in [4.78, 5) is 42.5. The fraction of sp³-hybridized carbons (Fsp3) is 0.222. The Kier molecular flexibility index (Phi) is 6.89. The molecule has 2 unspecified atom stereocenters. The lowest BCUT2D eigenvalue weighted by Gasteiger charge is -2.34. The van der Waals surface area contributed by atoms with Gasteiger partial charge >= 0.3 is 11.8 Å². The van der Waals surface area contributed by atoms with Crippen LogP contribution in [0.3, 0.4) is 0 Å². The number of primary amides is 2. The van der Waals surface area contributed by atoms with Gasteiger partial charge in [0, 0.05) is 23.3 Å². The fourth-order valence-corrected chi connectivity index (χ4v) is 3.04. The smallest absolute Gasteiger partial charge is 0.331 e. The molecule has 0 saturated heterocycles. The van der Waals surface area contributed by atoms with Crippen molar-refractivity contribution in [1.82, 2.24) is 0 Å². The lowest BCUT2D eigenvalue weighted by atomic mass is 9.87. The van der Waals surface area contributed by atoms with Crippen molar-refractivity contribution in [1.29, 1.82) is 0 Å². The molecule has 2 atom stereocenters. The van der Waals surface area contributed by atoms with Gasteiger partial charge in [-0.1, -0.05) is 0 Å². The molecule has 0 saturated carbocycles.